The van der Waals surface area contributed by atoms with Crippen LogP contribution in [0.4, 0.5) is 10.5 Å². The summed E-state index contributed by atoms with van der Waals surface area (Å²) in [6.07, 6.45) is 7.20. The third kappa shape index (κ3) is 9.27. The fraction of sp³-hybridized carbons (Fsp3) is 0.571. The number of piperidine rings is 2. The predicted octanol–water partition coefficient (Wildman–Crippen LogP) is 6.72. The zero-order valence-corrected chi connectivity index (χ0v) is 27.4. The van der Waals surface area contributed by atoms with Crippen molar-refractivity contribution in [3.63, 3.8) is 0 Å². The number of benzene rings is 2. The maximum atomic E-state index is 13.0. The number of ether oxygens (including phenoxy) is 3. The highest BCUT2D eigenvalue weighted by molar-refractivity contribution is 6.31. The van der Waals surface area contributed by atoms with E-state index in [1.54, 1.807) is 23.1 Å². The van der Waals surface area contributed by atoms with Crippen LogP contribution in [-0.2, 0) is 9.47 Å². The number of likely N-dealkylation sites (tertiary alicyclic amines) is 1. The summed E-state index contributed by atoms with van der Waals surface area (Å²) in [5.41, 5.74) is 1.74. The van der Waals surface area contributed by atoms with E-state index in [1.165, 1.54) is 0 Å². The number of rotatable bonds is 7. The quantitative estimate of drug-likeness (QED) is 0.360. The molecule has 45 heavy (non-hydrogen) atoms. The molecule has 10 heteroatoms. The standard InChI is InChI=1S/C35H45ClN4O5/c1-35(2,3)45-34(42)40-20-16-30(17-21-40)43-29-14-18-39(19-15-29)27-9-4-24(5-10-27)33(41)38-26-7-12-28(13-8-26)44-31-11-6-25(23-37)32(36)22-31/h4-6,9-11,22,26,28-30H,7-8,12-21H2,1-3H3,(H,38,41). The fourth-order valence-corrected chi connectivity index (χ4v) is 6.51. The predicted molar refractivity (Wildman–Crippen MR) is 174 cm³/mol. The van der Waals surface area contributed by atoms with Gasteiger partial charge in [0.2, 0.25) is 0 Å². The maximum Gasteiger partial charge on any atom is 0.410 e. The molecule has 0 atom stereocenters. The summed E-state index contributed by atoms with van der Waals surface area (Å²) < 4.78 is 18.0. The third-order valence-electron chi connectivity index (χ3n) is 8.79. The van der Waals surface area contributed by atoms with Crippen LogP contribution in [0.15, 0.2) is 42.5 Å². The molecular weight excluding hydrogens is 592 g/mol. The minimum absolute atomic E-state index is 0.0467. The van der Waals surface area contributed by atoms with Gasteiger partial charge < -0.3 is 29.3 Å². The van der Waals surface area contributed by atoms with E-state index in [2.05, 4.69) is 16.3 Å². The normalized spacial score (nSPS) is 21.6. The molecule has 0 spiro atoms. The van der Waals surface area contributed by atoms with Crippen molar-refractivity contribution in [3.8, 4) is 11.8 Å². The van der Waals surface area contributed by atoms with Crippen molar-refractivity contribution < 1.29 is 23.8 Å². The minimum Gasteiger partial charge on any atom is -0.490 e. The van der Waals surface area contributed by atoms with Gasteiger partial charge in [0.15, 0.2) is 0 Å². The van der Waals surface area contributed by atoms with E-state index in [9.17, 15) is 9.59 Å². The Morgan fingerprint density at radius 3 is 2.07 bits per heavy atom. The van der Waals surface area contributed by atoms with E-state index in [0.29, 0.717) is 35.0 Å². The summed E-state index contributed by atoms with van der Waals surface area (Å²) in [5.74, 6) is 0.621. The summed E-state index contributed by atoms with van der Waals surface area (Å²) in [6, 6.07) is 15.2. The third-order valence-corrected chi connectivity index (χ3v) is 9.10. The van der Waals surface area contributed by atoms with E-state index in [-0.39, 0.29) is 36.4 Å². The van der Waals surface area contributed by atoms with Gasteiger partial charge in [-0.3, -0.25) is 4.79 Å². The molecule has 2 aromatic carbocycles. The van der Waals surface area contributed by atoms with E-state index in [4.69, 9.17) is 31.1 Å². The lowest BCUT2D eigenvalue weighted by atomic mass is 9.92. The monoisotopic (exact) mass is 636 g/mol. The van der Waals surface area contributed by atoms with Crippen molar-refractivity contribution in [2.75, 3.05) is 31.1 Å². The van der Waals surface area contributed by atoms with Crippen LogP contribution < -0.4 is 15.0 Å². The Morgan fingerprint density at radius 2 is 1.49 bits per heavy atom. The van der Waals surface area contributed by atoms with Gasteiger partial charge in [0.1, 0.15) is 17.4 Å². The zero-order chi connectivity index (χ0) is 32.0. The lowest BCUT2D eigenvalue weighted by Crippen LogP contribution is -2.45. The number of amides is 2. The lowest BCUT2D eigenvalue weighted by Gasteiger charge is -2.38. The van der Waals surface area contributed by atoms with E-state index >= 15 is 0 Å². The second-order valence-electron chi connectivity index (χ2n) is 13.4. The molecule has 0 unspecified atom stereocenters. The topological polar surface area (TPSA) is 104 Å². The van der Waals surface area contributed by atoms with Crippen molar-refractivity contribution in [2.45, 2.75) is 102 Å². The molecule has 0 radical (unpaired) electrons. The van der Waals surface area contributed by atoms with Gasteiger partial charge in [-0.2, -0.15) is 5.26 Å². The molecule has 2 heterocycles. The first-order valence-electron chi connectivity index (χ1n) is 16.2. The number of carbonyl (C=O) groups excluding carboxylic acids is 2. The number of anilines is 1. The molecule has 2 amide bonds. The van der Waals surface area contributed by atoms with Gasteiger partial charge in [-0.25, -0.2) is 4.79 Å². The average molecular weight is 637 g/mol. The number of nitrogens with zero attached hydrogens (tertiary/aromatic N) is 3. The van der Waals surface area contributed by atoms with Crippen LogP contribution in [0.1, 0.15) is 88.1 Å². The summed E-state index contributed by atoms with van der Waals surface area (Å²) in [7, 11) is 0. The Hall–Kier alpha value is -3.48. The molecular formula is C35H45ClN4O5. The molecule has 3 fully saturated rings. The number of nitriles is 1. The van der Waals surface area contributed by atoms with Crippen molar-refractivity contribution in [3.05, 3.63) is 58.6 Å². The fourth-order valence-electron chi connectivity index (χ4n) is 6.29. The summed E-state index contributed by atoms with van der Waals surface area (Å²) in [5, 5.41) is 12.6. The first-order chi connectivity index (χ1) is 21.6. The van der Waals surface area contributed by atoms with Crippen LogP contribution >= 0.6 is 11.6 Å². The Bertz CT molecular complexity index is 1350. The van der Waals surface area contributed by atoms with Crippen LogP contribution in [-0.4, -0.2) is 73.0 Å². The van der Waals surface area contributed by atoms with Crippen molar-refractivity contribution in [1.29, 1.82) is 5.26 Å². The van der Waals surface area contributed by atoms with Crippen LogP contribution in [0.2, 0.25) is 5.02 Å². The van der Waals surface area contributed by atoms with Crippen LogP contribution in [0.3, 0.4) is 0 Å². The second-order valence-corrected chi connectivity index (χ2v) is 13.8. The molecule has 9 nitrogen and oxygen atoms in total. The molecule has 0 bridgehead atoms. The Morgan fingerprint density at radius 1 is 0.867 bits per heavy atom. The highest BCUT2D eigenvalue weighted by Gasteiger charge is 2.30. The van der Waals surface area contributed by atoms with Crippen molar-refractivity contribution in [1.82, 2.24) is 10.2 Å². The molecule has 0 aromatic heterocycles. The highest BCUT2D eigenvalue weighted by Crippen LogP contribution is 2.28. The number of halogens is 1. The molecule has 2 aromatic rings. The van der Waals surface area contributed by atoms with Gasteiger partial charge >= 0.3 is 6.09 Å². The molecule has 1 aliphatic carbocycles. The number of hydrogen-bond donors (Lipinski definition) is 1. The smallest absolute Gasteiger partial charge is 0.410 e. The number of nitrogens with one attached hydrogen (secondary N) is 1. The summed E-state index contributed by atoms with van der Waals surface area (Å²) >= 11 is 6.13. The van der Waals surface area contributed by atoms with Gasteiger partial charge in [-0.05, 0) is 109 Å². The van der Waals surface area contributed by atoms with Gasteiger partial charge in [0.25, 0.3) is 5.91 Å². The highest BCUT2D eigenvalue weighted by atomic mass is 35.5. The second kappa shape index (κ2) is 14.7. The van der Waals surface area contributed by atoms with E-state index in [0.717, 1.165) is 70.1 Å². The van der Waals surface area contributed by atoms with E-state index < -0.39 is 5.60 Å². The Labute approximate surface area is 271 Å². The van der Waals surface area contributed by atoms with Gasteiger partial charge in [-0.1, -0.05) is 11.6 Å². The number of carbonyl (C=O) groups is 2. The SMILES string of the molecule is CC(C)(C)OC(=O)N1CCC(OC2CCN(c3ccc(C(=O)NC4CCC(Oc5ccc(C#N)c(Cl)c5)CC4)cc3)CC2)CC1. The lowest BCUT2D eigenvalue weighted by molar-refractivity contribution is -0.0535. The molecule has 3 aliphatic rings. The summed E-state index contributed by atoms with van der Waals surface area (Å²) in [6.45, 7) is 8.83. The molecule has 2 saturated heterocycles. The van der Waals surface area contributed by atoms with Gasteiger partial charge in [0, 0.05) is 49.5 Å². The molecule has 242 valence electrons. The van der Waals surface area contributed by atoms with E-state index in [1.807, 2.05) is 45.0 Å². The van der Waals surface area contributed by atoms with Crippen LogP contribution in [0, 0.1) is 11.3 Å². The molecule has 2 aliphatic heterocycles. The maximum absolute atomic E-state index is 13.0. The molecule has 5 rings (SSSR count). The zero-order valence-electron chi connectivity index (χ0n) is 26.6. The van der Waals surface area contributed by atoms with Gasteiger partial charge in [0.05, 0.1) is 28.9 Å². The van der Waals surface area contributed by atoms with Crippen molar-refractivity contribution in [2.24, 2.45) is 0 Å². The number of hydrogen-bond acceptors (Lipinski definition) is 7. The average Bonchev–Trinajstić information content (AvgIpc) is 3.02. The molecule has 1 saturated carbocycles. The Balaban J connectivity index is 0.999. The summed E-state index contributed by atoms with van der Waals surface area (Å²) in [4.78, 5) is 29.5. The van der Waals surface area contributed by atoms with Crippen LogP contribution in [0.25, 0.3) is 0 Å². The largest absolute Gasteiger partial charge is 0.490 e. The van der Waals surface area contributed by atoms with Crippen LogP contribution in [0.5, 0.6) is 5.75 Å². The van der Waals surface area contributed by atoms with Crippen molar-refractivity contribution >= 4 is 29.3 Å². The Kier molecular flexibility index (Phi) is 10.8. The van der Waals surface area contributed by atoms with Gasteiger partial charge in [-0.15, -0.1) is 0 Å². The first kappa shape index (κ1) is 32.9. The first-order valence-corrected chi connectivity index (χ1v) is 16.6. The molecule has 1 N–H and O–H groups in total. The minimum atomic E-state index is -0.479.